The van der Waals surface area contributed by atoms with Crippen LogP contribution in [0, 0.1) is 11.7 Å². The molecule has 4 nitrogen and oxygen atoms in total. The number of carbonyl (C=O) groups is 2. The Morgan fingerprint density at radius 1 is 1.11 bits per heavy atom. The van der Waals surface area contributed by atoms with E-state index in [1.165, 1.54) is 12.1 Å². The minimum Gasteiger partial charge on any atom is -0.331 e. The molecule has 1 heterocycles. The highest BCUT2D eigenvalue weighted by molar-refractivity contribution is 5.82. The number of alkyl halides is 6. The molecule has 2 unspecified atom stereocenters. The highest BCUT2D eigenvalue weighted by Gasteiger charge is 2.52. The summed E-state index contributed by atoms with van der Waals surface area (Å²) in [6, 6.07) is 5.27. The van der Waals surface area contributed by atoms with Gasteiger partial charge in [-0.3, -0.25) is 9.59 Å². The molecule has 2 aliphatic rings. The van der Waals surface area contributed by atoms with Crippen molar-refractivity contribution in [2.75, 3.05) is 19.6 Å². The van der Waals surface area contributed by atoms with Crippen LogP contribution in [0.3, 0.4) is 0 Å². The first kappa shape index (κ1) is 22.1. The number of nitrogens with one attached hydrogen (secondary N) is 1. The molecule has 0 spiro atoms. The van der Waals surface area contributed by atoms with Crippen molar-refractivity contribution in [2.45, 2.75) is 30.7 Å². The molecule has 1 aliphatic heterocycles. The minimum absolute atomic E-state index is 0.0702. The van der Waals surface area contributed by atoms with E-state index in [0.717, 1.165) is 10.5 Å². The number of benzene rings is 1. The number of rotatable bonds is 4. The molecular formula is C17H17F7N2O2. The summed E-state index contributed by atoms with van der Waals surface area (Å²) < 4.78 is 82.5. The van der Waals surface area contributed by atoms with Crippen molar-refractivity contribution in [3.8, 4) is 0 Å². The third-order valence-electron chi connectivity index (χ3n) is 4.41. The van der Waals surface area contributed by atoms with Gasteiger partial charge in [0.1, 0.15) is 5.82 Å². The summed E-state index contributed by atoms with van der Waals surface area (Å²) in [5.41, 5.74) is 0.776. The molecule has 1 aromatic carbocycles. The monoisotopic (exact) mass is 414 g/mol. The molecule has 2 atom stereocenters. The molecule has 1 saturated heterocycles. The average Bonchev–Trinajstić information content (AvgIpc) is 3.33. The molecule has 1 saturated carbocycles. The third-order valence-corrected chi connectivity index (χ3v) is 4.41. The molecule has 0 bridgehead atoms. The number of amides is 1. The lowest BCUT2D eigenvalue weighted by atomic mass is 10.0. The Labute approximate surface area is 155 Å². The van der Waals surface area contributed by atoms with Gasteiger partial charge in [0.2, 0.25) is 6.29 Å². The van der Waals surface area contributed by atoms with Crippen molar-refractivity contribution in [2.24, 2.45) is 5.92 Å². The van der Waals surface area contributed by atoms with Gasteiger partial charge in [-0.05, 0) is 24.1 Å². The molecule has 0 radical (unpaired) electrons. The molecule has 2 fully saturated rings. The maximum Gasteiger partial charge on any atom is 0.471 e. The lowest BCUT2D eigenvalue weighted by Crippen LogP contribution is -2.52. The minimum atomic E-state index is -4.85. The third kappa shape index (κ3) is 6.18. The summed E-state index contributed by atoms with van der Waals surface area (Å²) >= 11 is 0. The van der Waals surface area contributed by atoms with Gasteiger partial charge in [0.15, 0.2) is 0 Å². The number of nitrogens with zero attached hydrogens (tertiary/aromatic N) is 1. The van der Waals surface area contributed by atoms with Crippen LogP contribution in [0.5, 0.6) is 0 Å². The zero-order chi connectivity index (χ0) is 21.1. The van der Waals surface area contributed by atoms with Crippen LogP contribution in [0.4, 0.5) is 30.7 Å². The molecule has 156 valence electrons. The molecule has 1 aromatic rings. The molecule has 11 heteroatoms. The van der Waals surface area contributed by atoms with E-state index in [9.17, 15) is 35.5 Å². The number of hydrogen-bond donors (Lipinski definition) is 1. The Bertz CT molecular complexity index is 684. The van der Waals surface area contributed by atoms with Crippen LogP contribution in [-0.4, -0.2) is 55.1 Å². The summed E-state index contributed by atoms with van der Waals surface area (Å²) in [5.74, 6) is -2.22. The first-order valence-electron chi connectivity index (χ1n) is 8.29. The van der Waals surface area contributed by atoms with Crippen LogP contribution in [0.1, 0.15) is 17.9 Å². The van der Waals surface area contributed by atoms with Crippen LogP contribution >= 0.6 is 0 Å². The average molecular weight is 414 g/mol. The van der Waals surface area contributed by atoms with Crippen LogP contribution in [0.25, 0.3) is 0 Å². The van der Waals surface area contributed by atoms with Crippen molar-refractivity contribution in [1.82, 2.24) is 10.2 Å². The molecule has 28 heavy (non-hydrogen) atoms. The summed E-state index contributed by atoms with van der Waals surface area (Å²) in [6.07, 6.45) is -10.1. The predicted molar refractivity (Wildman–Crippen MR) is 83.8 cm³/mol. The van der Waals surface area contributed by atoms with Crippen molar-refractivity contribution in [1.29, 1.82) is 0 Å². The maximum atomic E-state index is 12.9. The van der Waals surface area contributed by atoms with Gasteiger partial charge in [0.05, 0.1) is 0 Å². The van der Waals surface area contributed by atoms with Gasteiger partial charge in [-0.25, -0.2) is 4.39 Å². The Kier molecular flexibility index (Phi) is 6.68. The van der Waals surface area contributed by atoms with Gasteiger partial charge in [-0.2, -0.15) is 26.3 Å². The molecular weight excluding hydrogens is 397 g/mol. The van der Waals surface area contributed by atoms with E-state index in [-0.39, 0.29) is 24.2 Å². The topological polar surface area (TPSA) is 49.4 Å². The number of aldehydes is 1. The largest absolute Gasteiger partial charge is 0.471 e. The lowest BCUT2D eigenvalue weighted by Gasteiger charge is -2.34. The van der Waals surface area contributed by atoms with Gasteiger partial charge in [-0.15, -0.1) is 0 Å². The summed E-state index contributed by atoms with van der Waals surface area (Å²) in [4.78, 5) is 21.3. The maximum absolute atomic E-state index is 12.9. The Hall–Kier alpha value is -2.17. The first-order chi connectivity index (χ1) is 12.9. The zero-order valence-electron chi connectivity index (χ0n) is 14.4. The molecule has 1 N–H and O–H groups in total. The van der Waals surface area contributed by atoms with E-state index in [4.69, 9.17) is 4.79 Å². The first-order valence-corrected chi connectivity index (χ1v) is 8.29. The highest BCUT2D eigenvalue weighted by Crippen LogP contribution is 2.46. The summed E-state index contributed by atoms with van der Waals surface area (Å²) in [5, 5.41) is 2.99. The van der Waals surface area contributed by atoms with Gasteiger partial charge >= 0.3 is 18.3 Å². The molecule has 3 rings (SSSR count). The fraction of sp³-hybridized carbons (Fsp3) is 0.529. The van der Waals surface area contributed by atoms with Crippen LogP contribution < -0.4 is 5.32 Å². The van der Waals surface area contributed by atoms with E-state index in [1.54, 1.807) is 12.1 Å². The van der Waals surface area contributed by atoms with Gasteiger partial charge < -0.3 is 10.2 Å². The van der Waals surface area contributed by atoms with E-state index in [2.05, 4.69) is 5.32 Å². The van der Waals surface area contributed by atoms with Crippen molar-refractivity contribution in [3.05, 3.63) is 35.6 Å². The molecule has 1 aliphatic carbocycles. The van der Waals surface area contributed by atoms with Crippen LogP contribution in [0.2, 0.25) is 0 Å². The Morgan fingerprint density at radius 2 is 1.64 bits per heavy atom. The quantitative estimate of drug-likeness (QED) is 0.609. The van der Waals surface area contributed by atoms with Crippen molar-refractivity contribution in [3.63, 3.8) is 0 Å². The summed E-state index contributed by atoms with van der Waals surface area (Å²) in [6.45, 7) is 1.39. The van der Waals surface area contributed by atoms with Crippen LogP contribution in [0.15, 0.2) is 24.3 Å². The van der Waals surface area contributed by atoms with E-state index < -0.39 is 30.6 Å². The van der Waals surface area contributed by atoms with Crippen molar-refractivity contribution >= 4 is 12.2 Å². The van der Waals surface area contributed by atoms with Crippen molar-refractivity contribution < 1.29 is 40.3 Å². The fourth-order valence-electron chi connectivity index (χ4n) is 2.88. The normalized spacial score (nSPS) is 21.8. The van der Waals surface area contributed by atoms with E-state index in [0.29, 0.717) is 19.5 Å². The summed E-state index contributed by atoms with van der Waals surface area (Å²) in [7, 11) is 0. The smallest absolute Gasteiger partial charge is 0.331 e. The SMILES string of the molecule is O=C(N(CC1CNC1)C1CC1c1ccc(F)cc1)C(F)(F)F.O=CC(F)(F)F. The second-order valence-electron chi connectivity index (χ2n) is 6.60. The molecule has 1 amide bonds. The second-order valence-corrected chi connectivity index (χ2v) is 6.60. The molecule has 0 aromatic heterocycles. The number of halogens is 7. The predicted octanol–water partition coefficient (Wildman–Crippen LogP) is 3.04. The zero-order valence-corrected chi connectivity index (χ0v) is 14.4. The van der Waals surface area contributed by atoms with Crippen LogP contribution in [-0.2, 0) is 9.59 Å². The van der Waals surface area contributed by atoms with E-state index >= 15 is 0 Å². The fourth-order valence-corrected chi connectivity index (χ4v) is 2.88. The lowest BCUT2D eigenvalue weighted by molar-refractivity contribution is -0.187. The highest BCUT2D eigenvalue weighted by atomic mass is 19.4. The second kappa shape index (κ2) is 8.46. The number of carbonyl (C=O) groups excluding carboxylic acids is 2. The van der Waals surface area contributed by atoms with Gasteiger partial charge in [0, 0.05) is 37.5 Å². The van der Waals surface area contributed by atoms with Gasteiger partial charge in [0.25, 0.3) is 0 Å². The van der Waals surface area contributed by atoms with E-state index in [1.807, 2.05) is 0 Å². The standard InChI is InChI=1S/C15H16F4N2O.C2HF3O/c16-11-3-1-10(2-4-11)12-5-13(12)21(8-9-6-20-7-9)14(22)15(17,18)19;3-2(4,5)1-6/h1-4,9,12-13,20H,5-8H2;1H. The Morgan fingerprint density at radius 3 is 2.04 bits per heavy atom. The Balaban J connectivity index is 0.000000409. The van der Waals surface area contributed by atoms with Gasteiger partial charge in [-0.1, -0.05) is 12.1 Å². The number of hydrogen-bond acceptors (Lipinski definition) is 3.